The van der Waals surface area contributed by atoms with Crippen molar-refractivity contribution >= 4 is 11.6 Å². The van der Waals surface area contributed by atoms with Crippen molar-refractivity contribution in [1.29, 1.82) is 0 Å². The summed E-state index contributed by atoms with van der Waals surface area (Å²) < 4.78 is 0. The van der Waals surface area contributed by atoms with Crippen LogP contribution >= 0.6 is 0 Å². The molecule has 20 heavy (non-hydrogen) atoms. The number of anilines is 1. The highest BCUT2D eigenvalue weighted by Crippen LogP contribution is 2.45. The second kappa shape index (κ2) is 5.23. The first-order chi connectivity index (χ1) is 9.62. The highest BCUT2D eigenvalue weighted by molar-refractivity contribution is 5.99. The van der Waals surface area contributed by atoms with E-state index in [0.29, 0.717) is 11.8 Å². The zero-order valence-corrected chi connectivity index (χ0v) is 12.7. The molecule has 0 radical (unpaired) electrons. The fraction of sp³-hybridized carbons (Fsp3) is 0.611. The summed E-state index contributed by atoms with van der Waals surface area (Å²) in [4.78, 5) is 14.9. The topological polar surface area (TPSA) is 20.3 Å². The van der Waals surface area contributed by atoms with E-state index < -0.39 is 0 Å². The van der Waals surface area contributed by atoms with E-state index in [1.165, 1.54) is 24.8 Å². The van der Waals surface area contributed by atoms with E-state index in [9.17, 15) is 4.79 Å². The standard InChI is InChI=1S/C18H25NO/c1-14(2)15-6-8-16(9-7-15)19-13-12-18(17(19)20)10-4-3-5-11-18/h6-9,14H,3-5,10-13H2,1-2H3. The summed E-state index contributed by atoms with van der Waals surface area (Å²) >= 11 is 0. The minimum absolute atomic E-state index is 0.0189. The second-order valence-corrected chi connectivity index (χ2v) is 6.79. The number of amides is 1. The fourth-order valence-corrected chi connectivity index (χ4v) is 3.80. The van der Waals surface area contributed by atoms with E-state index >= 15 is 0 Å². The highest BCUT2D eigenvalue weighted by Gasteiger charge is 2.47. The number of carbonyl (C=O) groups excluding carboxylic acids is 1. The van der Waals surface area contributed by atoms with Crippen LogP contribution in [0.3, 0.4) is 0 Å². The van der Waals surface area contributed by atoms with Gasteiger partial charge >= 0.3 is 0 Å². The van der Waals surface area contributed by atoms with Crippen molar-refractivity contribution in [3.05, 3.63) is 29.8 Å². The van der Waals surface area contributed by atoms with Gasteiger partial charge in [0.15, 0.2) is 0 Å². The van der Waals surface area contributed by atoms with Crippen LogP contribution in [0.15, 0.2) is 24.3 Å². The Morgan fingerprint density at radius 3 is 2.25 bits per heavy atom. The van der Waals surface area contributed by atoms with Crippen molar-refractivity contribution in [3.8, 4) is 0 Å². The number of nitrogens with zero attached hydrogens (tertiary/aromatic N) is 1. The summed E-state index contributed by atoms with van der Waals surface area (Å²) in [7, 11) is 0. The van der Waals surface area contributed by atoms with Crippen LogP contribution in [-0.4, -0.2) is 12.5 Å². The van der Waals surface area contributed by atoms with Gasteiger partial charge in [0.25, 0.3) is 0 Å². The lowest BCUT2D eigenvalue weighted by molar-refractivity contribution is -0.127. The molecule has 2 nitrogen and oxygen atoms in total. The SMILES string of the molecule is CC(C)c1ccc(N2CCC3(CCCCC3)C2=O)cc1. The van der Waals surface area contributed by atoms with Crippen molar-refractivity contribution < 1.29 is 4.79 Å². The van der Waals surface area contributed by atoms with Gasteiger partial charge < -0.3 is 4.90 Å². The molecule has 1 aliphatic carbocycles. The van der Waals surface area contributed by atoms with Gasteiger partial charge in [0.1, 0.15) is 0 Å². The molecule has 1 saturated heterocycles. The summed E-state index contributed by atoms with van der Waals surface area (Å²) in [5, 5.41) is 0. The monoisotopic (exact) mass is 271 g/mol. The molecule has 2 aliphatic rings. The summed E-state index contributed by atoms with van der Waals surface area (Å²) in [6.45, 7) is 5.31. The van der Waals surface area contributed by atoms with Crippen LogP contribution in [-0.2, 0) is 4.79 Å². The lowest BCUT2D eigenvalue weighted by Crippen LogP contribution is -2.36. The Balaban J connectivity index is 1.79. The molecule has 0 N–H and O–H groups in total. The predicted octanol–water partition coefficient (Wildman–Crippen LogP) is 4.50. The molecule has 1 aliphatic heterocycles. The predicted molar refractivity (Wildman–Crippen MR) is 83.0 cm³/mol. The Labute approximate surface area is 122 Å². The van der Waals surface area contributed by atoms with Crippen molar-refractivity contribution in [2.24, 2.45) is 5.41 Å². The number of carbonyl (C=O) groups is 1. The molecule has 108 valence electrons. The van der Waals surface area contributed by atoms with E-state index in [0.717, 1.165) is 31.5 Å². The minimum Gasteiger partial charge on any atom is -0.312 e. The molecule has 3 rings (SSSR count). The maximum atomic E-state index is 12.8. The van der Waals surface area contributed by atoms with Gasteiger partial charge in [-0.05, 0) is 42.9 Å². The normalized spacial score (nSPS) is 21.9. The zero-order chi connectivity index (χ0) is 14.2. The molecule has 0 bridgehead atoms. The van der Waals surface area contributed by atoms with E-state index in [4.69, 9.17) is 0 Å². The van der Waals surface area contributed by atoms with Gasteiger partial charge in [-0.1, -0.05) is 45.2 Å². The van der Waals surface area contributed by atoms with Crippen LogP contribution < -0.4 is 4.90 Å². The molecular weight excluding hydrogens is 246 g/mol. The molecule has 1 spiro atoms. The van der Waals surface area contributed by atoms with Crippen molar-refractivity contribution in [3.63, 3.8) is 0 Å². The van der Waals surface area contributed by atoms with Crippen molar-refractivity contribution in [2.75, 3.05) is 11.4 Å². The number of hydrogen-bond acceptors (Lipinski definition) is 1. The largest absolute Gasteiger partial charge is 0.312 e. The van der Waals surface area contributed by atoms with Crippen LogP contribution in [0, 0.1) is 5.41 Å². The zero-order valence-electron chi connectivity index (χ0n) is 12.7. The molecule has 0 aromatic heterocycles. The molecule has 1 aromatic carbocycles. The minimum atomic E-state index is -0.0189. The molecule has 2 heteroatoms. The lowest BCUT2D eigenvalue weighted by atomic mass is 9.73. The number of benzene rings is 1. The number of hydrogen-bond donors (Lipinski definition) is 0. The maximum absolute atomic E-state index is 12.8. The highest BCUT2D eigenvalue weighted by atomic mass is 16.2. The van der Waals surface area contributed by atoms with Crippen LogP contribution in [0.5, 0.6) is 0 Å². The Kier molecular flexibility index (Phi) is 3.57. The third-order valence-corrected chi connectivity index (χ3v) is 5.19. The van der Waals surface area contributed by atoms with Gasteiger partial charge in [-0.25, -0.2) is 0 Å². The first kappa shape index (κ1) is 13.7. The van der Waals surface area contributed by atoms with E-state index in [-0.39, 0.29) is 5.41 Å². The average molecular weight is 271 g/mol. The van der Waals surface area contributed by atoms with Crippen LogP contribution in [0.2, 0.25) is 0 Å². The second-order valence-electron chi connectivity index (χ2n) is 6.79. The van der Waals surface area contributed by atoms with Gasteiger partial charge in [0, 0.05) is 12.2 Å². The Morgan fingerprint density at radius 2 is 1.65 bits per heavy atom. The molecule has 1 aromatic rings. The maximum Gasteiger partial charge on any atom is 0.233 e. The Morgan fingerprint density at radius 1 is 1.00 bits per heavy atom. The molecule has 1 amide bonds. The lowest BCUT2D eigenvalue weighted by Gasteiger charge is -2.31. The quantitative estimate of drug-likeness (QED) is 0.775. The van der Waals surface area contributed by atoms with Crippen LogP contribution in [0.1, 0.15) is 63.9 Å². The molecule has 1 saturated carbocycles. The average Bonchev–Trinajstić information content (AvgIpc) is 2.77. The van der Waals surface area contributed by atoms with Crippen LogP contribution in [0.25, 0.3) is 0 Å². The first-order valence-corrected chi connectivity index (χ1v) is 8.04. The van der Waals surface area contributed by atoms with Gasteiger partial charge in [-0.2, -0.15) is 0 Å². The summed E-state index contributed by atoms with van der Waals surface area (Å²) in [5.41, 5.74) is 2.41. The van der Waals surface area contributed by atoms with Crippen LogP contribution in [0.4, 0.5) is 5.69 Å². The molecular formula is C18H25NO. The van der Waals surface area contributed by atoms with Crippen molar-refractivity contribution in [2.45, 2.75) is 58.3 Å². The summed E-state index contributed by atoms with van der Waals surface area (Å²) in [6.07, 6.45) is 7.02. The third kappa shape index (κ3) is 2.25. The van der Waals surface area contributed by atoms with Gasteiger partial charge in [-0.15, -0.1) is 0 Å². The van der Waals surface area contributed by atoms with Gasteiger partial charge in [0.2, 0.25) is 5.91 Å². The Bertz CT molecular complexity index is 483. The van der Waals surface area contributed by atoms with Crippen molar-refractivity contribution in [1.82, 2.24) is 0 Å². The van der Waals surface area contributed by atoms with Gasteiger partial charge in [0.05, 0.1) is 5.41 Å². The molecule has 2 fully saturated rings. The first-order valence-electron chi connectivity index (χ1n) is 8.04. The summed E-state index contributed by atoms with van der Waals surface area (Å²) in [5.74, 6) is 0.928. The third-order valence-electron chi connectivity index (χ3n) is 5.19. The van der Waals surface area contributed by atoms with E-state index in [2.05, 4.69) is 38.1 Å². The summed E-state index contributed by atoms with van der Waals surface area (Å²) in [6, 6.07) is 8.57. The smallest absolute Gasteiger partial charge is 0.233 e. The molecule has 0 unspecified atom stereocenters. The molecule has 1 heterocycles. The number of rotatable bonds is 2. The van der Waals surface area contributed by atoms with E-state index in [1.54, 1.807) is 0 Å². The Hall–Kier alpha value is -1.31. The van der Waals surface area contributed by atoms with Gasteiger partial charge in [-0.3, -0.25) is 4.79 Å². The molecule has 0 atom stereocenters. The van der Waals surface area contributed by atoms with E-state index in [1.807, 2.05) is 4.90 Å². The fourth-order valence-electron chi connectivity index (χ4n) is 3.80.